The van der Waals surface area contributed by atoms with Crippen LogP contribution in [0.2, 0.25) is 0 Å². The van der Waals surface area contributed by atoms with Crippen LogP contribution < -0.4 is 9.47 Å². The van der Waals surface area contributed by atoms with Crippen molar-refractivity contribution >= 4 is 6.16 Å². The largest absolute Gasteiger partial charge is 0.508 e. The van der Waals surface area contributed by atoms with Gasteiger partial charge in [0.15, 0.2) is 11.5 Å². The quantitative estimate of drug-likeness (QED) is 0.557. The molecule has 1 saturated heterocycles. The SMILES string of the molecule is CCCc1ccc(C2CC(O)CC(COC(=O)OCC)O2)cc1Cc1ccc2c(c1)OCCO2. The highest BCUT2D eigenvalue weighted by Gasteiger charge is 2.30. The van der Waals surface area contributed by atoms with E-state index in [1.807, 2.05) is 6.07 Å². The molecule has 1 N–H and O–H groups in total. The van der Waals surface area contributed by atoms with Gasteiger partial charge in [-0.1, -0.05) is 37.6 Å². The average Bonchev–Trinajstić information content (AvgIpc) is 2.84. The monoisotopic (exact) mass is 470 g/mol. The zero-order valence-electron chi connectivity index (χ0n) is 20.0. The molecule has 184 valence electrons. The third kappa shape index (κ3) is 6.21. The van der Waals surface area contributed by atoms with Gasteiger partial charge in [-0.2, -0.15) is 0 Å². The van der Waals surface area contributed by atoms with Crippen LogP contribution in [0.25, 0.3) is 0 Å². The van der Waals surface area contributed by atoms with Gasteiger partial charge in [0.1, 0.15) is 19.8 Å². The number of aliphatic hydroxyl groups excluding tert-OH is 1. The second-order valence-corrected chi connectivity index (χ2v) is 8.80. The molecule has 0 aliphatic carbocycles. The Morgan fingerprint density at radius 2 is 1.82 bits per heavy atom. The number of carbonyl (C=O) groups is 1. The molecule has 2 aromatic rings. The van der Waals surface area contributed by atoms with Crippen molar-refractivity contribution < 1.29 is 33.6 Å². The summed E-state index contributed by atoms with van der Waals surface area (Å²) in [5.41, 5.74) is 4.72. The first-order valence-electron chi connectivity index (χ1n) is 12.2. The molecule has 1 fully saturated rings. The molecule has 2 aromatic carbocycles. The number of hydrogen-bond acceptors (Lipinski definition) is 7. The second-order valence-electron chi connectivity index (χ2n) is 8.80. The first-order chi connectivity index (χ1) is 16.6. The summed E-state index contributed by atoms with van der Waals surface area (Å²) in [5.74, 6) is 1.58. The molecule has 0 bridgehead atoms. The van der Waals surface area contributed by atoms with Crippen molar-refractivity contribution in [3.05, 3.63) is 58.7 Å². The van der Waals surface area contributed by atoms with Crippen LogP contribution in [0.15, 0.2) is 36.4 Å². The summed E-state index contributed by atoms with van der Waals surface area (Å²) in [6.45, 7) is 5.36. The van der Waals surface area contributed by atoms with Crippen LogP contribution in [0, 0.1) is 0 Å². The van der Waals surface area contributed by atoms with Crippen molar-refractivity contribution in [3.8, 4) is 11.5 Å². The van der Waals surface area contributed by atoms with Crippen molar-refractivity contribution in [1.82, 2.24) is 0 Å². The van der Waals surface area contributed by atoms with Gasteiger partial charge in [0.25, 0.3) is 0 Å². The van der Waals surface area contributed by atoms with Crippen molar-refractivity contribution in [2.45, 2.75) is 64.3 Å². The zero-order valence-corrected chi connectivity index (χ0v) is 20.0. The topological polar surface area (TPSA) is 83.5 Å². The first kappa shape index (κ1) is 24.4. The Labute approximate surface area is 200 Å². The normalized spacial score (nSPS) is 21.7. The van der Waals surface area contributed by atoms with Crippen molar-refractivity contribution in [2.24, 2.45) is 0 Å². The molecule has 0 spiro atoms. The van der Waals surface area contributed by atoms with E-state index in [-0.39, 0.29) is 25.4 Å². The highest BCUT2D eigenvalue weighted by atomic mass is 16.7. The average molecular weight is 471 g/mol. The number of benzene rings is 2. The van der Waals surface area contributed by atoms with Crippen molar-refractivity contribution in [2.75, 3.05) is 26.4 Å². The summed E-state index contributed by atoms with van der Waals surface area (Å²) in [6.07, 6.45) is 1.86. The fraction of sp³-hybridized carbons (Fsp3) is 0.519. The lowest BCUT2D eigenvalue weighted by atomic mass is 9.90. The molecular formula is C27H34O7. The third-order valence-corrected chi connectivity index (χ3v) is 6.15. The molecule has 3 atom stereocenters. The number of fused-ring (bicyclic) bond motifs is 1. The van der Waals surface area contributed by atoms with Crippen molar-refractivity contribution in [1.29, 1.82) is 0 Å². The van der Waals surface area contributed by atoms with Gasteiger partial charge in [-0.15, -0.1) is 0 Å². The van der Waals surface area contributed by atoms with Crippen LogP contribution in [0.3, 0.4) is 0 Å². The molecule has 2 aliphatic heterocycles. The fourth-order valence-electron chi connectivity index (χ4n) is 4.57. The summed E-state index contributed by atoms with van der Waals surface area (Å²) >= 11 is 0. The molecule has 7 nitrogen and oxygen atoms in total. The van der Waals surface area contributed by atoms with Crippen LogP contribution in [0.1, 0.15) is 61.5 Å². The van der Waals surface area contributed by atoms with Crippen LogP contribution in [0.4, 0.5) is 4.79 Å². The van der Waals surface area contributed by atoms with E-state index in [1.165, 1.54) is 11.1 Å². The van der Waals surface area contributed by atoms with E-state index in [2.05, 4.69) is 37.3 Å². The van der Waals surface area contributed by atoms with Gasteiger partial charge in [-0.05, 0) is 54.2 Å². The Balaban J connectivity index is 1.51. The third-order valence-electron chi connectivity index (χ3n) is 6.15. The van der Waals surface area contributed by atoms with Gasteiger partial charge in [-0.3, -0.25) is 0 Å². The molecule has 34 heavy (non-hydrogen) atoms. The Bertz CT molecular complexity index is 973. The molecule has 2 aliphatic rings. The van der Waals surface area contributed by atoms with Gasteiger partial charge in [-0.25, -0.2) is 4.79 Å². The molecule has 2 heterocycles. The lowest BCUT2D eigenvalue weighted by Gasteiger charge is -2.33. The van der Waals surface area contributed by atoms with E-state index in [0.717, 1.165) is 41.9 Å². The molecule has 4 rings (SSSR count). The summed E-state index contributed by atoms with van der Waals surface area (Å²) in [4.78, 5) is 11.5. The standard InChI is InChI=1S/C27H34O7/c1-3-5-19-7-8-20(25-16-22(28)15-23(34-25)17-33-27(29)30-4-2)14-21(19)12-18-6-9-24-26(13-18)32-11-10-31-24/h6-9,13-14,22-23,25,28H,3-5,10-12,15-17H2,1-2H3. The highest BCUT2D eigenvalue weighted by molar-refractivity contribution is 5.59. The second kappa shape index (κ2) is 11.6. The zero-order chi connectivity index (χ0) is 23.9. The number of hydrogen-bond donors (Lipinski definition) is 1. The Hall–Kier alpha value is -2.77. The number of carbonyl (C=O) groups excluding carboxylic acids is 1. The summed E-state index contributed by atoms with van der Waals surface area (Å²) in [5, 5.41) is 10.5. The minimum absolute atomic E-state index is 0.0599. The highest BCUT2D eigenvalue weighted by Crippen LogP contribution is 2.35. The number of rotatable bonds is 8. The number of aliphatic hydroxyl groups is 1. The van der Waals surface area contributed by atoms with Gasteiger partial charge in [0, 0.05) is 12.8 Å². The lowest BCUT2D eigenvalue weighted by Crippen LogP contribution is -2.35. The maximum atomic E-state index is 11.5. The van der Waals surface area contributed by atoms with Gasteiger partial charge in [0.05, 0.1) is 24.9 Å². The van der Waals surface area contributed by atoms with Crippen LogP contribution in [-0.2, 0) is 27.1 Å². The molecule has 0 radical (unpaired) electrons. The Morgan fingerprint density at radius 3 is 2.62 bits per heavy atom. The van der Waals surface area contributed by atoms with Crippen molar-refractivity contribution in [3.63, 3.8) is 0 Å². The Kier molecular flexibility index (Phi) is 8.29. The molecule has 3 unspecified atom stereocenters. The fourth-order valence-corrected chi connectivity index (χ4v) is 4.57. The predicted octanol–water partition coefficient (Wildman–Crippen LogP) is 4.76. The van der Waals surface area contributed by atoms with Crippen LogP contribution in [0.5, 0.6) is 11.5 Å². The van der Waals surface area contributed by atoms with E-state index in [4.69, 9.17) is 23.7 Å². The predicted molar refractivity (Wildman–Crippen MR) is 127 cm³/mol. The van der Waals surface area contributed by atoms with E-state index in [1.54, 1.807) is 6.92 Å². The minimum Gasteiger partial charge on any atom is -0.486 e. The van der Waals surface area contributed by atoms with E-state index < -0.39 is 12.3 Å². The minimum atomic E-state index is -0.714. The summed E-state index contributed by atoms with van der Waals surface area (Å²) < 4.78 is 27.6. The van der Waals surface area contributed by atoms with Gasteiger partial charge in [0.2, 0.25) is 0 Å². The molecule has 0 aromatic heterocycles. The number of ether oxygens (including phenoxy) is 5. The molecular weight excluding hydrogens is 436 g/mol. The van der Waals surface area contributed by atoms with Gasteiger partial charge < -0.3 is 28.8 Å². The van der Waals surface area contributed by atoms with E-state index >= 15 is 0 Å². The van der Waals surface area contributed by atoms with Gasteiger partial charge >= 0.3 is 6.16 Å². The lowest BCUT2D eigenvalue weighted by molar-refractivity contribution is -0.118. The van der Waals surface area contributed by atoms with Crippen LogP contribution >= 0.6 is 0 Å². The molecule has 0 amide bonds. The van der Waals surface area contributed by atoms with E-state index in [9.17, 15) is 9.90 Å². The maximum Gasteiger partial charge on any atom is 0.508 e. The maximum absolute atomic E-state index is 11.5. The smallest absolute Gasteiger partial charge is 0.486 e. The Morgan fingerprint density at radius 1 is 1.00 bits per heavy atom. The number of aryl methyl sites for hydroxylation is 1. The molecule has 0 saturated carbocycles. The summed E-state index contributed by atoms with van der Waals surface area (Å²) in [6, 6.07) is 12.6. The molecule has 7 heteroatoms. The van der Waals surface area contributed by atoms with E-state index in [0.29, 0.717) is 26.1 Å². The van der Waals surface area contributed by atoms with Crippen LogP contribution in [-0.4, -0.2) is 49.9 Å². The summed E-state index contributed by atoms with van der Waals surface area (Å²) in [7, 11) is 0. The first-order valence-corrected chi connectivity index (χ1v) is 12.2.